The summed E-state index contributed by atoms with van der Waals surface area (Å²) in [5.41, 5.74) is 13.9. The molecule has 2 aromatic rings. The number of hydrazone groups is 1. The summed E-state index contributed by atoms with van der Waals surface area (Å²) in [5, 5.41) is 18.6. The monoisotopic (exact) mass is 532 g/mol. The van der Waals surface area contributed by atoms with E-state index in [4.69, 9.17) is 51.8 Å². The second kappa shape index (κ2) is 16.0. The summed E-state index contributed by atoms with van der Waals surface area (Å²) in [6.07, 6.45) is 0.638. The molecule has 0 saturated carbocycles. The van der Waals surface area contributed by atoms with Crippen LogP contribution in [0.2, 0.25) is 5.02 Å². The lowest BCUT2D eigenvalue weighted by Gasteiger charge is -2.12. The van der Waals surface area contributed by atoms with Crippen LogP contribution in [0.25, 0.3) is 0 Å². The number of hydrogen-bond donors (Lipinski definition) is 5. The van der Waals surface area contributed by atoms with Crippen molar-refractivity contribution >= 4 is 39.6 Å². The van der Waals surface area contributed by atoms with Crippen LogP contribution in [-0.4, -0.2) is 49.7 Å². The van der Waals surface area contributed by atoms with Crippen molar-refractivity contribution in [3.8, 4) is 11.5 Å². The van der Waals surface area contributed by atoms with Gasteiger partial charge in [0.1, 0.15) is 16.4 Å². The molecule has 0 bridgehead atoms. The van der Waals surface area contributed by atoms with Crippen LogP contribution in [0, 0.1) is 6.92 Å². The number of nitrogens with one attached hydrogen (secondary N) is 1. The third-order valence-electron chi connectivity index (χ3n) is 3.25. The molecule has 35 heavy (non-hydrogen) atoms. The zero-order chi connectivity index (χ0) is 27.0. The first kappa shape index (κ1) is 31.3. The molecule has 0 aliphatic heterocycles. The van der Waals surface area contributed by atoms with Crippen molar-refractivity contribution in [1.82, 2.24) is 5.43 Å². The van der Waals surface area contributed by atoms with Crippen molar-refractivity contribution in [3.63, 3.8) is 0 Å². The Bertz CT molecular complexity index is 1090. The molecule has 2 rings (SSSR count). The number of aryl methyl sites for hydroxylation is 1. The summed E-state index contributed by atoms with van der Waals surface area (Å²) in [6.45, 7) is 4.88. The van der Waals surface area contributed by atoms with E-state index >= 15 is 0 Å². The number of ether oxygens (including phenoxy) is 1. The first-order valence-corrected chi connectivity index (χ1v) is 11.7. The van der Waals surface area contributed by atoms with E-state index in [0.29, 0.717) is 25.3 Å². The molecule has 0 aliphatic rings. The van der Waals surface area contributed by atoms with Gasteiger partial charge in [-0.1, -0.05) is 23.7 Å². The third kappa shape index (κ3) is 15.7. The highest BCUT2D eigenvalue weighted by atomic mass is 35.5. The van der Waals surface area contributed by atoms with Crippen molar-refractivity contribution in [2.45, 2.75) is 32.1 Å². The molecular formula is C21H29ClN4O8S. The highest BCUT2D eigenvalue weighted by molar-refractivity contribution is 7.87. The molecule has 0 amide bonds. The van der Waals surface area contributed by atoms with Gasteiger partial charge in [0.25, 0.3) is 11.9 Å². The lowest BCUT2D eigenvalue weighted by Crippen LogP contribution is -2.27. The molecular weight excluding hydrogens is 504 g/mol. The Labute approximate surface area is 208 Å². The number of nitrogens with two attached hydrogens (primary N) is 2. The van der Waals surface area contributed by atoms with E-state index in [1.54, 1.807) is 24.3 Å². The summed E-state index contributed by atoms with van der Waals surface area (Å²) in [4.78, 5) is 17.9. The zero-order valence-electron chi connectivity index (χ0n) is 19.4. The minimum Gasteiger partial charge on any atom is -0.493 e. The maximum Gasteiger partial charge on any atom is 0.340 e. The number of aliphatic carboxylic acids is 2. The number of nitrogens with zero attached hydrogens (tertiary/aromatic N) is 1. The number of guanidine groups is 1. The first-order chi connectivity index (χ1) is 16.2. The second-order valence-electron chi connectivity index (χ2n) is 6.63. The first-order valence-electron chi connectivity index (χ1n) is 9.88. The predicted octanol–water partition coefficient (Wildman–Crippen LogP) is 2.14. The predicted molar refractivity (Wildman–Crippen MR) is 131 cm³/mol. The summed E-state index contributed by atoms with van der Waals surface area (Å²) in [6, 6.07) is 11.0. The van der Waals surface area contributed by atoms with Gasteiger partial charge in [-0.25, -0.2) is 0 Å². The minimum absolute atomic E-state index is 0.0453. The molecule has 194 valence electrons. The minimum atomic E-state index is -4.05. The van der Waals surface area contributed by atoms with Crippen LogP contribution in [0.3, 0.4) is 0 Å². The van der Waals surface area contributed by atoms with Crippen LogP contribution < -0.4 is 25.8 Å². The average Bonchev–Trinajstić information content (AvgIpc) is 2.69. The van der Waals surface area contributed by atoms with Crippen LogP contribution in [0.15, 0.2) is 52.5 Å². The van der Waals surface area contributed by atoms with E-state index in [1.165, 1.54) is 18.2 Å². The molecule has 0 radical (unpaired) electrons. The van der Waals surface area contributed by atoms with Crippen LogP contribution >= 0.6 is 11.6 Å². The van der Waals surface area contributed by atoms with Crippen LogP contribution in [-0.2, 0) is 19.7 Å². The lowest BCUT2D eigenvalue weighted by atomic mass is 10.2. The largest absolute Gasteiger partial charge is 0.493 e. The Morgan fingerprint density at radius 3 is 2.14 bits per heavy atom. The number of benzene rings is 2. The molecule has 7 N–H and O–H groups in total. The highest BCUT2D eigenvalue weighted by Gasteiger charge is 2.20. The molecule has 0 spiro atoms. The molecule has 0 saturated heterocycles. The van der Waals surface area contributed by atoms with Crippen molar-refractivity contribution in [2.75, 3.05) is 13.2 Å². The molecule has 0 aromatic heterocycles. The standard InChI is InChI=1S/C17H21ClN4O4S.2C2H4O2/c1-12-9-13(25-8-4-7-21-22-17(19)20)11-14(10-12)26-27(23,24)16-6-3-2-5-15(16)18;2*1-2(3)4/h2-3,5-6,9-11,21H,4,7-8H2,1H3,(H4,19,20,22);2*1H3,(H,3,4). The molecule has 0 aliphatic carbocycles. The molecule has 0 unspecified atom stereocenters. The second-order valence-corrected chi connectivity index (χ2v) is 8.56. The Morgan fingerprint density at radius 1 is 1.06 bits per heavy atom. The van der Waals surface area contributed by atoms with E-state index in [2.05, 4.69) is 10.5 Å². The van der Waals surface area contributed by atoms with Gasteiger partial charge in [0.2, 0.25) is 5.96 Å². The number of halogens is 1. The van der Waals surface area contributed by atoms with E-state index in [0.717, 1.165) is 19.4 Å². The van der Waals surface area contributed by atoms with Crippen LogP contribution in [0.5, 0.6) is 11.5 Å². The molecule has 0 heterocycles. The molecule has 0 fully saturated rings. The molecule has 2 aromatic carbocycles. The zero-order valence-corrected chi connectivity index (χ0v) is 21.0. The quantitative estimate of drug-likeness (QED) is 0.104. The van der Waals surface area contributed by atoms with Crippen molar-refractivity contribution in [1.29, 1.82) is 0 Å². The van der Waals surface area contributed by atoms with Gasteiger partial charge in [0.05, 0.1) is 11.6 Å². The van der Waals surface area contributed by atoms with Gasteiger partial charge in [-0.05, 0) is 36.8 Å². The van der Waals surface area contributed by atoms with Gasteiger partial charge in [-0.15, -0.1) is 5.10 Å². The number of carboxylic acid groups (broad SMARTS) is 2. The van der Waals surface area contributed by atoms with Gasteiger partial charge >= 0.3 is 10.1 Å². The lowest BCUT2D eigenvalue weighted by molar-refractivity contribution is -0.135. The number of carboxylic acids is 2. The SMILES string of the molecule is CC(=O)O.CC(=O)O.Cc1cc(OCCCNN=C(N)N)cc(OS(=O)(=O)c2ccccc2Cl)c1. The van der Waals surface area contributed by atoms with Crippen molar-refractivity contribution in [2.24, 2.45) is 16.6 Å². The summed E-state index contributed by atoms with van der Waals surface area (Å²) >= 11 is 5.95. The van der Waals surface area contributed by atoms with Crippen LogP contribution in [0.1, 0.15) is 25.8 Å². The van der Waals surface area contributed by atoms with E-state index in [-0.39, 0.29) is 21.6 Å². The number of hydrogen-bond acceptors (Lipinski definition) is 8. The number of carbonyl (C=O) groups is 2. The van der Waals surface area contributed by atoms with Gasteiger partial charge in [0, 0.05) is 32.9 Å². The molecule has 12 nitrogen and oxygen atoms in total. The summed E-state index contributed by atoms with van der Waals surface area (Å²) < 4.78 is 35.7. The van der Waals surface area contributed by atoms with Crippen molar-refractivity contribution < 1.29 is 37.1 Å². The third-order valence-corrected chi connectivity index (χ3v) is 4.99. The van der Waals surface area contributed by atoms with E-state index < -0.39 is 22.1 Å². The fourth-order valence-electron chi connectivity index (χ4n) is 2.15. The molecule has 14 heteroatoms. The Hall–Kier alpha value is -3.71. The Morgan fingerprint density at radius 2 is 1.60 bits per heavy atom. The fourth-order valence-corrected chi connectivity index (χ4v) is 3.56. The maximum atomic E-state index is 12.4. The molecule has 0 atom stereocenters. The fraction of sp³-hybridized carbons (Fsp3) is 0.286. The normalized spacial score (nSPS) is 9.83. The van der Waals surface area contributed by atoms with E-state index in [1.807, 2.05) is 6.92 Å². The topological polar surface area (TPSA) is 204 Å². The van der Waals surface area contributed by atoms with Gasteiger partial charge in [-0.2, -0.15) is 8.42 Å². The van der Waals surface area contributed by atoms with Gasteiger partial charge in [0.15, 0.2) is 0 Å². The summed E-state index contributed by atoms with van der Waals surface area (Å²) in [7, 11) is -4.05. The Kier molecular flexibility index (Phi) is 14.3. The van der Waals surface area contributed by atoms with Gasteiger partial charge < -0.3 is 36.0 Å². The summed E-state index contributed by atoms with van der Waals surface area (Å²) in [5.74, 6) is -1.08. The smallest absolute Gasteiger partial charge is 0.340 e. The highest BCUT2D eigenvalue weighted by Crippen LogP contribution is 2.28. The number of rotatable bonds is 9. The van der Waals surface area contributed by atoms with Crippen LogP contribution in [0.4, 0.5) is 0 Å². The van der Waals surface area contributed by atoms with Gasteiger partial charge in [-0.3, -0.25) is 9.59 Å². The average molecular weight is 533 g/mol. The Balaban J connectivity index is 0.00000126. The maximum absolute atomic E-state index is 12.4. The van der Waals surface area contributed by atoms with Crippen molar-refractivity contribution in [3.05, 3.63) is 53.1 Å². The van der Waals surface area contributed by atoms with E-state index in [9.17, 15) is 8.42 Å².